The normalized spacial score (nSPS) is 13.0. The molecule has 0 atom stereocenters. The summed E-state index contributed by atoms with van der Waals surface area (Å²) in [5.74, 6) is -1.08. The highest BCUT2D eigenvalue weighted by atomic mass is 79.9. The van der Waals surface area contributed by atoms with Gasteiger partial charge in [0.05, 0.1) is 37.6 Å². The monoisotopic (exact) mass is 403 g/mol. The first-order chi connectivity index (χ1) is 12.0. The van der Waals surface area contributed by atoms with E-state index in [0.29, 0.717) is 15.9 Å². The Labute approximate surface area is 152 Å². The first-order valence-corrected chi connectivity index (χ1v) is 8.16. The van der Waals surface area contributed by atoms with Crippen LogP contribution in [0.1, 0.15) is 26.3 Å². The molecular formula is C18H14BrNO5. The van der Waals surface area contributed by atoms with Crippen LogP contribution in [-0.2, 0) is 16.1 Å². The fourth-order valence-electron chi connectivity index (χ4n) is 2.67. The minimum Gasteiger partial charge on any atom is -0.497 e. The molecule has 0 aromatic heterocycles. The fraction of sp³-hybridized carbons (Fsp3) is 0.167. The molecule has 1 heterocycles. The predicted molar refractivity (Wildman–Crippen MR) is 94.0 cm³/mol. The van der Waals surface area contributed by atoms with Crippen LogP contribution in [0.5, 0.6) is 5.75 Å². The van der Waals surface area contributed by atoms with Crippen LogP contribution in [0.15, 0.2) is 40.9 Å². The summed E-state index contributed by atoms with van der Waals surface area (Å²) in [6.07, 6.45) is 0. The first kappa shape index (κ1) is 17.2. The van der Waals surface area contributed by atoms with Crippen LogP contribution < -0.4 is 9.64 Å². The molecule has 0 radical (unpaired) electrons. The number of halogens is 1. The van der Waals surface area contributed by atoms with E-state index in [1.54, 1.807) is 19.2 Å². The fourth-order valence-corrected chi connectivity index (χ4v) is 3.30. The Hall–Kier alpha value is -2.67. The molecule has 0 spiro atoms. The zero-order valence-electron chi connectivity index (χ0n) is 13.5. The Morgan fingerprint density at radius 2 is 1.80 bits per heavy atom. The highest BCUT2D eigenvalue weighted by Gasteiger charge is 2.38. The summed E-state index contributed by atoms with van der Waals surface area (Å²) in [7, 11) is 2.84. The van der Waals surface area contributed by atoms with Gasteiger partial charge in [0, 0.05) is 4.47 Å². The second-order valence-corrected chi connectivity index (χ2v) is 6.27. The molecule has 1 aliphatic rings. The lowest BCUT2D eigenvalue weighted by atomic mass is 10.1. The topological polar surface area (TPSA) is 72.9 Å². The Bertz CT molecular complexity index is 876. The summed E-state index contributed by atoms with van der Waals surface area (Å²) in [5.41, 5.74) is 1.73. The molecule has 0 saturated heterocycles. The highest BCUT2D eigenvalue weighted by molar-refractivity contribution is 9.10. The van der Waals surface area contributed by atoms with Crippen LogP contribution in [0.3, 0.4) is 0 Å². The number of ketones is 1. The van der Waals surface area contributed by atoms with Crippen LogP contribution in [-0.4, -0.2) is 31.9 Å². The molecule has 3 rings (SSSR count). The number of rotatable bonds is 4. The van der Waals surface area contributed by atoms with Gasteiger partial charge in [-0.25, -0.2) is 4.79 Å². The quantitative estimate of drug-likeness (QED) is 0.579. The van der Waals surface area contributed by atoms with Crippen LogP contribution >= 0.6 is 15.9 Å². The van der Waals surface area contributed by atoms with E-state index in [9.17, 15) is 14.4 Å². The Kier molecular flexibility index (Phi) is 4.59. The second kappa shape index (κ2) is 6.68. The van der Waals surface area contributed by atoms with Gasteiger partial charge >= 0.3 is 5.97 Å². The molecule has 0 N–H and O–H groups in total. The maximum atomic E-state index is 12.4. The van der Waals surface area contributed by atoms with Crippen molar-refractivity contribution in [3.63, 3.8) is 0 Å². The maximum Gasteiger partial charge on any atom is 0.337 e. The molecule has 0 unspecified atom stereocenters. The van der Waals surface area contributed by atoms with Gasteiger partial charge in [0.15, 0.2) is 0 Å². The number of carbonyl (C=O) groups is 3. The summed E-state index contributed by atoms with van der Waals surface area (Å²) in [5, 5.41) is 0. The number of methoxy groups -OCH3 is 2. The summed E-state index contributed by atoms with van der Waals surface area (Å²) < 4.78 is 10.2. The van der Waals surface area contributed by atoms with Crippen molar-refractivity contribution < 1.29 is 23.9 Å². The smallest absolute Gasteiger partial charge is 0.337 e. The Morgan fingerprint density at radius 1 is 1.12 bits per heavy atom. The van der Waals surface area contributed by atoms with Crippen molar-refractivity contribution in [2.75, 3.05) is 19.1 Å². The van der Waals surface area contributed by atoms with E-state index < -0.39 is 17.7 Å². The minimum absolute atomic E-state index is 0.207. The van der Waals surface area contributed by atoms with Crippen molar-refractivity contribution in [2.24, 2.45) is 0 Å². The molecule has 0 fully saturated rings. The number of hydrogen-bond donors (Lipinski definition) is 0. The zero-order valence-corrected chi connectivity index (χ0v) is 15.1. The van der Waals surface area contributed by atoms with Gasteiger partial charge in [-0.05, 0) is 45.8 Å². The van der Waals surface area contributed by atoms with Gasteiger partial charge in [0.1, 0.15) is 5.75 Å². The van der Waals surface area contributed by atoms with E-state index in [1.807, 2.05) is 12.1 Å². The standard InChI is InChI=1S/C18H14BrNO5/c1-24-12-5-3-10(4-6-12)9-20-14-8-11(18(23)25-2)7-13(19)15(14)16(21)17(20)22/h3-8H,9H2,1-2H3. The van der Waals surface area contributed by atoms with Gasteiger partial charge in [0.2, 0.25) is 0 Å². The average molecular weight is 404 g/mol. The predicted octanol–water partition coefficient (Wildman–Crippen LogP) is 2.97. The van der Waals surface area contributed by atoms with Crippen LogP contribution in [0.4, 0.5) is 5.69 Å². The number of hydrogen-bond acceptors (Lipinski definition) is 5. The number of benzene rings is 2. The van der Waals surface area contributed by atoms with Gasteiger partial charge in [-0.15, -0.1) is 0 Å². The third kappa shape index (κ3) is 3.02. The van der Waals surface area contributed by atoms with E-state index in [4.69, 9.17) is 9.47 Å². The number of anilines is 1. The third-order valence-electron chi connectivity index (χ3n) is 3.95. The highest BCUT2D eigenvalue weighted by Crippen LogP contribution is 2.37. The Balaban J connectivity index is 2.01. The van der Waals surface area contributed by atoms with E-state index in [1.165, 1.54) is 24.1 Å². The molecule has 128 valence electrons. The van der Waals surface area contributed by atoms with Crippen LogP contribution in [0, 0.1) is 0 Å². The van der Waals surface area contributed by atoms with E-state index in [-0.39, 0.29) is 17.7 Å². The van der Waals surface area contributed by atoms with Gasteiger partial charge in [-0.2, -0.15) is 0 Å². The molecule has 25 heavy (non-hydrogen) atoms. The lowest BCUT2D eigenvalue weighted by molar-refractivity contribution is -0.114. The number of fused-ring (bicyclic) bond motifs is 1. The maximum absolute atomic E-state index is 12.4. The van der Waals surface area contributed by atoms with Crippen molar-refractivity contribution in [2.45, 2.75) is 6.54 Å². The summed E-state index contributed by atoms with van der Waals surface area (Å²) in [4.78, 5) is 37.9. The second-order valence-electron chi connectivity index (χ2n) is 5.41. The lowest BCUT2D eigenvalue weighted by Crippen LogP contribution is -2.29. The minimum atomic E-state index is -0.631. The van der Waals surface area contributed by atoms with Gasteiger partial charge < -0.3 is 14.4 Å². The van der Waals surface area contributed by atoms with E-state index >= 15 is 0 Å². The number of esters is 1. The van der Waals surface area contributed by atoms with E-state index in [2.05, 4.69) is 15.9 Å². The van der Waals surface area contributed by atoms with Crippen molar-refractivity contribution >= 4 is 39.3 Å². The van der Waals surface area contributed by atoms with Gasteiger partial charge in [0.25, 0.3) is 11.7 Å². The molecule has 6 nitrogen and oxygen atoms in total. The van der Waals surface area contributed by atoms with Crippen molar-refractivity contribution in [1.29, 1.82) is 0 Å². The van der Waals surface area contributed by atoms with Crippen molar-refractivity contribution in [1.82, 2.24) is 0 Å². The number of carbonyl (C=O) groups excluding carboxylic acids is 3. The number of ether oxygens (including phenoxy) is 2. The molecule has 0 bridgehead atoms. The van der Waals surface area contributed by atoms with Crippen molar-refractivity contribution in [3.8, 4) is 5.75 Å². The average Bonchev–Trinajstić information content (AvgIpc) is 2.86. The molecule has 2 aromatic rings. The molecule has 0 saturated carbocycles. The third-order valence-corrected chi connectivity index (χ3v) is 4.57. The number of nitrogens with zero attached hydrogens (tertiary/aromatic N) is 1. The summed E-state index contributed by atoms with van der Waals surface area (Å²) in [6, 6.07) is 10.2. The van der Waals surface area contributed by atoms with E-state index in [0.717, 1.165) is 5.56 Å². The van der Waals surface area contributed by atoms with Crippen molar-refractivity contribution in [3.05, 3.63) is 57.6 Å². The Morgan fingerprint density at radius 3 is 2.40 bits per heavy atom. The van der Waals surface area contributed by atoms with Crippen LogP contribution in [0.2, 0.25) is 0 Å². The summed E-state index contributed by atoms with van der Waals surface area (Å²) >= 11 is 3.27. The SMILES string of the molecule is COC(=O)c1cc(Br)c2c(c1)N(Cc1ccc(OC)cc1)C(=O)C2=O. The zero-order chi connectivity index (χ0) is 18.1. The molecule has 0 aliphatic carbocycles. The largest absolute Gasteiger partial charge is 0.497 e. The molecule has 2 aromatic carbocycles. The lowest BCUT2D eigenvalue weighted by Gasteiger charge is -2.17. The van der Waals surface area contributed by atoms with Crippen LogP contribution in [0.25, 0.3) is 0 Å². The number of Topliss-reactive ketones (excluding diaryl/α,β-unsaturated/α-hetero) is 1. The van der Waals surface area contributed by atoms with Gasteiger partial charge in [-0.1, -0.05) is 12.1 Å². The molecular weight excluding hydrogens is 390 g/mol. The molecule has 1 amide bonds. The molecule has 1 aliphatic heterocycles. The first-order valence-electron chi connectivity index (χ1n) is 7.37. The summed E-state index contributed by atoms with van der Waals surface area (Å²) in [6.45, 7) is 0.207. The molecule has 7 heteroatoms. The van der Waals surface area contributed by atoms with Gasteiger partial charge in [-0.3, -0.25) is 9.59 Å². The number of amides is 1.